The molecule has 1 aromatic rings. The molecule has 19 heavy (non-hydrogen) atoms. The van der Waals surface area contributed by atoms with Crippen molar-refractivity contribution >= 4 is 27.3 Å². The van der Waals surface area contributed by atoms with Gasteiger partial charge in [-0.15, -0.1) is 11.3 Å². The third-order valence-corrected chi connectivity index (χ3v) is 5.71. The monoisotopic (exact) mass is 307 g/mol. The standard InChI is InChI=1S/C11H17NO5S2/c1-4-7(2)9(10(13)14)12-19(15,16)11-8(17-3)5-6-18-11/h5-7,9,12H,4H2,1-3H3,(H,13,14)/t7-,9-/m0/s1. The van der Waals surface area contributed by atoms with E-state index in [2.05, 4.69) is 4.72 Å². The van der Waals surface area contributed by atoms with Gasteiger partial charge in [0.05, 0.1) is 7.11 Å². The number of hydrogen-bond acceptors (Lipinski definition) is 5. The van der Waals surface area contributed by atoms with Crippen molar-refractivity contribution < 1.29 is 23.1 Å². The number of aliphatic carboxylic acids is 1. The third kappa shape index (κ3) is 3.68. The molecular weight excluding hydrogens is 290 g/mol. The van der Waals surface area contributed by atoms with Gasteiger partial charge in [0.1, 0.15) is 11.8 Å². The van der Waals surface area contributed by atoms with Crippen LogP contribution in [0.2, 0.25) is 0 Å². The molecule has 6 nitrogen and oxygen atoms in total. The lowest BCUT2D eigenvalue weighted by atomic mass is 10.0. The molecule has 0 amide bonds. The smallest absolute Gasteiger partial charge is 0.322 e. The Morgan fingerprint density at radius 1 is 1.58 bits per heavy atom. The lowest BCUT2D eigenvalue weighted by Crippen LogP contribution is -2.44. The zero-order valence-corrected chi connectivity index (χ0v) is 12.5. The Hall–Kier alpha value is -1.12. The van der Waals surface area contributed by atoms with Crippen molar-refractivity contribution in [3.8, 4) is 5.75 Å². The van der Waals surface area contributed by atoms with Crippen LogP contribution in [0.25, 0.3) is 0 Å². The van der Waals surface area contributed by atoms with Gasteiger partial charge in [-0.3, -0.25) is 4.79 Å². The molecule has 2 N–H and O–H groups in total. The number of nitrogens with one attached hydrogen (secondary N) is 1. The Morgan fingerprint density at radius 2 is 2.21 bits per heavy atom. The van der Waals surface area contributed by atoms with E-state index in [1.807, 2.05) is 0 Å². The fourth-order valence-corrected chi connectivity index (χ4v) is 4.09. The number of methoxy groups -OCH3 is 1. The molecule has 0 fully saturated rings. The SMILES string of the molecule is CC[C@H](C)[C@H](NS(=O)(=O)c1sccc1OC)C(=O)O. The van der Waals surface area contributed by atoms with Gasteiger partial charge >= 0.3 is 5.97 Å². The molecule has 0 aliphatic rings. The lowest BCUT2D eigenvalue weighted by Gasteiger charge is -2.19. The number of rotatable bonds is 7. The first-order chi connectivity index (χ1) is 8.83. The van der Waals surface area contributed by atoms with Crippen LogP contribution in [0.1, 0.15) is 20.3 Å². The summed E-state index contributed by atoms with van der Waals surface area (Å²) >= 11 is 0.986. The van der Waals surface area contributed by atoms with Crippen molar-refractivity contribution in [3.63, 3.8) is 0 Å². The molecule has 0 unspecified atom stereocenters. The minimum absolute atomic E-state index is 0.00967. The van der Waals surface area contributed by atoms with E-state index >= 15 is 0 Å². The fraction of sp³-hybridized carbons (Fsp3) is 0.545. The highest BCUT2D eigenvalue weighted by Crippen LogP contribution is 2.29. The molecular formula is C11H17NO5S2. The average molecular weight is 307 g/mol. The molecule has 0 spiro atoms. The maximum Gasteiger partial charge on any atom is 0.322 e. The van der Waals surface area contributed by atoms with Crippen molar-refractivity contribution in [2.24, 2.45) is 5.92 Å². The summed E-state index contributed by atoms with van der Waals surface area (Å²) in [4.78, 5) is 11.1. The summed E-state index contributed by atoms with van der Waals surface area (Å²) in [5.74, 6) is -1.28. The van der Waals surface area contributed by atoms with Gasteiger partial charge in [-0.05, 0) is 17.4 Å². The summed E-state index contributed by atoms with van der Waals surface area (Å²) in [5.41, 5.74) is 0. The van der Waals surface area contributed by atoms with Gasteiger partial charge in [0.25, 0.3) is 10.0 Å². The summed E-state index contributed by atoms with van der Waals surface area (Å²) in [5, 5.41) is 10.7. The molecule has 2 atom stereocenters. The maximum absolute atomic E-state index is 12.2. The highest BCUT2D eigenvalue weighted by Gasteiger charge is 2.31. The zero-order valence-electron chi connectivity index (χ0n) is 10.9. The minimum Gasteiger partial charge on any atom is -0.494 e. The molecule has 1 heterocycles. The van der Waals surface area contributed by atoms with E-state index < -0.39 is 22.0 Å². The van der Waals surface area contributed by atoms with Gasteiger partial charge in [-0.25, -0.2) is 8.42 Å². The number of hydrogen-bond donors (Lipinski definition) is 2. The molecule has 0 saturated carbocycles. The fourth-order valence-electron chi connectivity index (χ4n) is 1.50. The van der Waals surface area contributed by atoms with Crippen LogP contribution >= 0.6 is 11.3 Å². The van der Waals surface area contributed by atoms with Crippen LogP contribution in [-0.4, -0.2) is 32.6 Å². The van der Waals surface area contributed by atoms with Crippen LogP contribution < -0.4 is 9.46 Å². The summed E-state index contributed by atoms with van der Waals surface area (Å²) in [7, 11) is -2.53. The zero-order chi connectivity index (χ0) is 14.6. The molecule has 1 aromatic heterocycles. The number of carboxylic acids is 1. The number of carbonyl (C=O) groups is 1. The highest BCUT2D eigenvalue weighted by molar-refractivity contribution is 7.91. The van der Waals surface area contributed by atoms with Gasteiger partial charge in [0, 0.05) is 0 Å². The van der Waals surface area contributed by atoms with E-state index in [0.717, 1.165) is 11.3 Å². The van der Waals surface area contributed by atoms with Crippen LogP contribution in [0.4, 0.5) is 0 Å². The number of ether oxygens (including phenoxy) is 1. The Kier molecular flexibility index (Phi) is 5.33. The van der Waals surface area contributed by atoms with Gasteiger partial charge in [0.15, 0.2) is 4.21 Å². The Bertz CT molecular complexity index is 537. The molecule has 0 aliphatic carbocycles. The first-order valence-corrected chi connectivity index (χ1v) is 8.06. The predicted octanol–water partition coefficient (Wildman–Crippen LogP) is 1.53. The Morgan fingerprint density at radius 3 is 2.68 bits per heavy atom. The quantitative estimate of drug-likeness (QED) is 0.797. The van der Waals surface area contributed by atoms with E-state index in [-0.39, 0.29) is 15.9 Å². The maximum atomic E-state index is 12.2. The molecule has 8 heteroatoms. The second-order valence-electron chi connectivity index (χ2n) is 4.10. The van der Waals surface area contributed by atoms with Crippen molar-refractivity contribution in [2.75, 3.05) is 7.11 Å². The van der Waals surface area contributed by atoms with Crippen LogP contribution in [0, 0.1) is 5.92 Å². The van der Waals surface area contributed by atoms with Crippen LogP contribution in [0.3, 0.4) is 0 Å². The number of thiophene rings is 1. The van der Waals surface area contributed by atoms with Gasteiger partial charge < -0.3 is 9.84 Å². The van der Waals surface area contributed by atoms with Gasteiger partial charge in [-0.2, -0.15) is 4.72 Å². The van der Waals surface area contributed by atoms with E-state index in [9.17, 15) is 13.2 Å². The largest absolute Gasteiger partial charge is 0.494 e. The van der Waals surface area contributed by atoms with Gasteiger partial charge in [0.2, 0.25) is 0 Å². The van der Waals surface area contributed by atoms with Crippen molar-refractivity contribution in [2.45, 2.75) is 30.5 Å². The Labute approximate surface area is 116 Å². The van der Waals surface area contributed by atoms with Crippen molar-refractivity contribution in [3.05, 3.63) is 11.4 Å². The van der Waals surface area contributed by atoms with E-state index in [0.29, 0.717) is 6.42 Å². The first-order valence-electron chi connectivity index (χ1n) is 5.70. The molecule has 0 saturated heterocycles. The summed E-state index contributed by atoms with van der Waals surface area (Å²) in [6, 6.07) is 0.375. The third-order valence-electron chi connectivity index (χ3n) is 2.82. The lowest BCUT2D eigenvalue weighted by molar-refractivity contribution is -0.140. The van der Waals surface area contributed by atoms with E-state index in [1.54, 1.807) is 19.2 Å². The summed E-state index contributed by atoms with van der Waals surface area (Å²) in [6.07, 6.45) is 0.557. The summed E-state index contributed by atoms with van der Waals surface area (Å²) in [6.45, 7) is 3.49. The van der Waals surface area contributed by atoms with Gasteiger partial charge in [-0.1, -0.05) is 20.3 Å². The number of carboxylic acid groups (broad SMARTS) is 1. The second kappa shape index (κ2) is 6.36. The normalized spacial score (nSPS) is 14.9. The minimum atomic E-state index is -3.90. The van der Waals surface area contributed by atoms with E-state index in [4.69, 9.17) is 9.84 Å². The average Bonchev–Trinajstić information content (AvgIpc) is 2.83. The van der Waals surface area contributed by atoms with Crippen molar-refractivity contribution in [1.29, 1.82) is 0 Å². The molecule has 0 aliphatic heterocycles. The molecule has 0 aromatic carbocycles. The first kappa shape index (κ1) is 15.9. The number of sulfonamides is 1. The van der Waals surface area contributed by atoms with Crippen LogP contribution in [0.5, 0.6) is 5.75 Å². The van der Waals surface area contributed by atoms with Crippen molar-refractivity contribution in [1.82, 2.24) is 4.72 Å². The predicted molar refractivity (Wildman–Crippen MR) is 72.1 cm³/mol. The highest BCUT2D eigenvalue weighted by atomic mass is 32.2. The second-order valence-corrected chi connectivity index (χ2v) is 6.92. The topological polar surface area (TPSA) is 92.7 Å². The van der Waals surface area contributed by atoms with E-state index in [1.165, 1.54) is 13.2 Å². The molecule has 0 bridgehead atoms. The molecule has 0 radical (unpaired) electrons. The van der Waals surface area contributed by atoms with Crippen LogP contribution in [-0.2, 0) is 14.8 Å². The molecule has 1 rings (SSSR count). The summed E-state index contributed by atoms with van der Waals surface area (Å²) < 4.78 is 31.5. The molecule has 108 valence electrons. The van der Waals surface area contributed by atoms with Crippen LogP contribution in [0.15, 0.2) is 15.7 Å². The Balaban J connectivity index is 3.04.